The molecule has 2 nitrogen and oxygen atoms in total. The summed E-state index contributed by atoms with van der Waals surface area (Å²) < 4.78 is 0. The van der Waals surface area contributed by atoms with E-state index < -0.39 is 0 Å². The van der Waals surface area contributed by atoms with Gasteiger partial charge in [-0.15, -0.1) is 0 Å². The maximum Gasteiger partial charge on any atom is 0.0349 e. The van der Waals surface area contributed by atoms with Crippen molar-refractivity contribution in [3.8, 4) is 11.1 Å². The van der Waals surface area contributed by atoms with Crippen molar-refractivity contribution in [1.29, 1.82) is 0 Å². The molecule has 3 heteroatoms. The molecular formula is C12H11BrN2. The number of nitrogen functional groups attached to an aromatic ring is 1. The smallest absolute Gasteiger partial charge is 0.0349 e. The number of rotatable bonds is 2. The Hall–Kier alpha value is -1.35. The van der Waals surface area contributed by atoms with Crippen LogP contribution in [0.1, 0.15) is 5.56 Å². The van der Waals surface area contributed by atoms with Crippen LogP contribution in [0, 0.1) is 0 Å². The van der Waals surface area contributed by atoms with E-state index in [0.29, 0.717) is 0 Å². The molecule has 0 atom stereocenters. The topological polar surface area (TPSA) is 38.9 Å². The summed E-state index contributed by atoms with van der Waals surface area (Å²) in [6.07, 6.45) is 3.68. The molecule has 2 rings (SSSR count). The molecule has 2 N–H and O–H groups in total. The van der Waals surface area contributed by atoms with E-state index in [1.807, 2.05) is 36.5 Å². The maximum atomic E-state index is 5.65. The highest BCUT2D eigenvalue weighted by Crippen LogP contribution is 2.24. The SMILES string of the molecule is Nc1ccc(-c2cnccc2CBr)cc1. The van der Waals surface area contributed by atoms with E-state index in [-0.39, 0.29) is 0 Å². The maximum absolute atomic E-state index is 5.65. The van der Waals surface area contributed by atoms with Crippen molar-refractivity contribution < 1.29 is 0 Å². The average molecular weight is 263 g/mol. The molecule has 15 heavy (non-hydrogen) atoms. The fraction of sp³-hybridized carbons (Fsp3) is 0.0833. The fourth-order valence-electron chi connectivity index (χ4n) is 1.46. The van der Waals surface area contributed by atoms with Crippen LogP contribution in [0.3, 0.4) is 0 Å². The third-order valence-corrected chi connectivity index (χ3v) is 2.88. The number of alkyl halides is 1. The number of hydrogen-bond acceptors (Lipinski definition) is 2. The number of nitrogens with two attached hydrogens (primary N) is 1. The van der Waals surface area contributed by atoms with Gasteiger partial charge >= 0.3 is 0 Å². The zero-order valence-electron chi connectivity index (χ0n) is 8.15. The second-order valence-electron chi connectivity index (χ2n) is 3.29. The Morgan fingerprint density at radius 3 is 2.53 bits per heavy atom. The standard InChI is InChI=1S/C12H11BrN2/c13-7-10-5-6-15-8-12(10)9-1-3-11(14)4-2-9/h1-6,8H,7,14H2. The molecule has 0 saturated heterocycles. The van der Waals surface area contributed by atoms with Crippen molar-refractivity contribution in [3.05, 3.63) is 48.3 Å². The number of halogens is 1. The molecule has 0 aliphatic heterocycles. The molecule has 1 aromatic carbocycles. The Balaban J connectivity index is 2.49. The summed E-state index contributed by atoms with van der Waals surface area (Å²) in [5.41, 5.74) is 9.95. The first-order chi connectivity index (χ1) is 7.31. The quantitative estimate of drug-likeness (QED) is 0.667. The third-order valence-electron chi connectivity index (χ3n) is 2.28. The Morgan fingerprint density at radius 1 is 1.13 bits per heavy atom. The molecule has 0 aliphatic rings. The van der Waals surface area contributed by atoms with Crippen molar-refractivity contribution in [2.75, 3.05) is 5.73 Å². The summed E-state index contributed by atoms with van der Waals surface area (Å²) in [5, 5.41) is 0.829. The van der Waals surface area contributed by atoms with Crippen LogP contribution >= 0.6 is 15.9 Å². The molecule has 0 aliphatic carbocycles. The van der Waals surface area contributed by atoms with Crippen LogP contribution < -0.4 is 5.73 Å². The minimum Gasteiger partial charge on any atom is -0.399 e. The summed E-state index contributed by atoms with van der Waals surface area (Å²) in [6, 6.07) is 9.85. The molecule has 1 aromatic heterocycles. The number of nitrogens with zero attached hydrogens (tertiary/aromatic N) is 1. The van der Waals surface area contributed by atoms with Crippen LogP contribution in [0.2, 0.25) is 0 Å². The van der Waals surface area contributed by atoms with Gasteiger partial charge in [0, 0.05) is 29.0 Å². The molecule has 76 valence electrons. The van der Waals surface area contributed by atoms with E-state index in [1.165, 1.54) is 5.56 Å². The minimum atomic E-state index is 0.781. The van der Waals surface area contributed by atoms with Gasteiger partial charge in [-0.25, -0.2) is 0 Å². The Bertz CT molecular complexity index is 451. The Morgan fingerprint density at radius 2 is 1.87 bits per heavy atom. The van der Waals surface area contributed by atoms with Gasteiger partial charge < -0.3 is 5.73 Å². The number of hydrogen-bond donors (Lipinski definition) is 1. The van der Waals surface area contributed by atoms with Gasteiger partial charge in [0.05, 0.1) is 0 Å². The number of benzene rings is 1. The van der Waals surface area contributed by atoms with E-state index in [9.17, 15) is 0 Å². The van der Waals surface area contributed by atoms with Crippen LogP contribution in [0.4, 0.5) is 5.69 Å². The van der Waals surface area contributed by atoms with Crippen LogP contribution in [-0.4, -0.2) is 4.98 Å². The van der Waals surface area contributed by atoms with Gasteiger partial charge in [-0.05, 0) is 29.3 Å². The van der Waals surface area contributed by atoms with Crippen LogP contribution in [0.25, 0.3) is 11.1 Å². The average Bonchev–Trinajstić information content (AvgIpc) is 2.30. The Labute approximate surface area is 97.3 Å². The summed E-state index contributed by atoms with van der Waals surface area (Å²) in [6.45, 7) is 0. The monoisotopic (exact) mass is 262 g/mol. The highest BCUT2D eigenvalue weighted by molar-refractivity contribution is 9.08. The zero-order valence-corrected chi connectivity index (χ0v) is 9.74. The lowest BCUT2D eigenvalue weighted by molar-refractivity contribution is 1.28. The molecule has 2 aromatic rings. The van der Waals surface area contributed by atoms with Crippen LogP contribution in [-0.2, 0) is 5.33 Å². The number of pyridine rings is 1. The summed E-state index contributed by atoms with van der Waals surface area (Å²) in [4.78, 5) is 4.14. The Kier molecular flexibility index (Phi) is 3.02. The van der Waals surface area contributed by atoms with Crippen LogP contribution in [0.15, 0.2) is 42.7 Å². The van der Waals surface area contributed by atoms with Crippen molar-refractivity contribution in [2.45, 2.75) is 5.33 Å². The molecular weight excluding hydrogens is 252 g/mol. The van der Waals surface area contributed by atoms with Gasteiger partial charge in [0.2, 0.25) is 0 Å². The van der Waals surface area contributed by atoms with Gasteiger partial charge in [-0.2, -0.15) is 0 Å². The minimum absolute atomic E-state index is 0.781. The number of aromatic nitrogens is 1. The molecule has 0 amide bonds. The van der Waals surface area contributed by atoms with Gasteiger partial charge in [-0.3, -0.25) is 4.98 Å². The summed E-state index contributed by atoms with van der Waals surface area (Å²) >= 11 is 3.47. The molecule has 0 bridgehead atoms. The van der Waals surface area contributed by atoms with Gasteiger partial charge in [0.1, 0.15) is 0 Å². The molecule has 0 fully saturated rings. The largest absolute Gasteiger partial charge is 0.399 e. The zero-order chi connectivity index (χ0) is 10.7. The fourth-order valence-corrected chi connectivity index (χ4v) is 1.95. The van der Waals surface area contributed by atoms with Crippen molar-refractivity contribution in [3.63, 3.8) is 0 Å². The first-order valence-corrected chi connectivity index (χ1v) is 5.78. The van der Waals surface area contributed by atoms with Crippen molar-refractivity contribution >= 4 is 21.6 Å². The highest BCUT2D eigenvalue weighted by atomic mass is 79.9. The first-order valence-electron chi connectivity index (χ1n) is 4.66. The lowest BCUT2D eigenvalue weighted by Crippen LogP contribution is -1.88. The third kappa shape index (κ3) is 2.18. The van der Waals surface area contributed by atoms with Gasteiger partial charge in [-0.1, -0.05) is 28.1 Å². The van der Waals surface area contributed by atoms with Crippen molar-refractivity contribution in [2.24, 2.45) is 0 Å². The molecule has 1 heterocycles. The van der Waals surface area contributed by atoms with Crippen molar-refractivity contribution in [1.82, 2.24) is 4.98 Å². The second kappa shape index (κ2) is 4.45. The van der Waals surface area contributed by atoms with E-state index in [4.69, 9.17) is 5.73 Å². The lowest BCUT2D eigenvalue weighted by atomic mass is 10.0. The van der Waals surface area contributed by atoms with E-state index in [0.717, 1.165) is 22.1 Å². The van der Waals surface area contributed by atoms with E-state index in [2.05, 4.69) is 20.9 Å². The predicted octanol–water partition coefficient (Wildman–Crippen LogP) is 3.23. The van der Waals surface area contributed by atoms with Gasteiger partial charge in [0.25, 0.3) is 0 Å². The molecule has 0 radical (unpaired) electrons. The second-order valence-corrected chi connectivity index (χ2v) is 3.85. The predicted molar refractivity (Wildman–Crippen MR) is 66.7 cm³/mol. The first kappa shape index (κ1) is 10.2. The molecule has 0 spiro atoms. The lowest BCUT2D eigenvalue weighted by Gasteiger charge is -2.06. The van der Waals surface area contributed by atoms with Gasteiger partial charge in [0.15, 0.2) is 0 Å². The molecule has 0 unspecified atom stereocenters. The van der Waals surface area contributed by atoms with Crippen LogP contribution in [0.5, 0.6) is 0 Å². The van der Waals surface area contributed by atoms with E-state index in [1.54, 1.807) is 6.20 Å². The summed E-state index contributed by atoms with van der Waals surface area (Å²) in [7, 11) is 0. The normalized spacial score (nSPS) is 10.2. The van der Waals surface area contributed by atoms with E-state index >= 15 is 0 Å². The summed E-state index contributed by atoms with van der Waals surface area (Å²) in [5.74, 6) is 0. The molecule has 0 saturated carbocycles. The number of anilines is 1. The highest BCUT2D eigenvalue weighted by Gasteiger charge is 2.03.